The lowest BCUT2D eigenvalue weighted by atomic mass is 10.2. The van der Waals surface area contributed by atoms with Crippen molar-refractivity contribution in [2.45, 2.75) is 5.33 Å². The minimum atomic E-state index is -0.363. The summed E-state index contributed by atoms with van der Waals surface area (Å²) in [7, 11) is 0. The first-order chi connectivity index (χ1) is 5.16. The Hall–Kier alpha value is 0.400. The number of benzene rings is 1. The Morgan fingerprint density at radius 2 is 2.09 bits per heavy atom. The molecular formula is C7H4Br2ClF. The highest BCUT2D eigenvalue weighted by Gasteiger charge is 2.08. The second-order valence-corrected chi connectivity index (χ2v) is 3.78. The van der Waals surface area contributed by atoms with Crippen LogP contribution in [-0.4, -0.2) is 0 Å². The van der Waals surface area contributed by atoms with E-state index in [1.165, 1.54) is 6.07 Å². The summed E-state index contributed by atoms with van der Waals surface area (Å²) in [5, 5.41) is 0.614. The predicted octanol–water partition coefficient (Wildman–Crippen LogP) is 4.14. The molecule has 60 valence electrons. The normalized spacial score (nSPS) is 10.2. The summed E-state index contributed by atoms with van der Waals surface area (Å²) >= 11 is 11.9. The summed E-state index contributed by atoms with van der Waals surface area (Å²) in [5.41, 5.74) is 0.553. The quantitative estimate of drug-likeness (QED) is 0.540. The molecule has 0 saturated carbocycles. The largest absolute Gasteiger partial charge is 0.205 e. The third-order valence-electron chi connectivity index (χ3n) is 1.27. The van der Waals surface area contributed by atoms with Crippen molar-refractivity contribution in [3.8, 4) is 0 Å². The third kappa shape index (κ3) is 1.95. The van der Waals surface area contributed by atoms with Gasteiger partial charge in [0.05, 0.1) is 5.02 Å². The first kappa shape index (κ1) is 9.49. The van der Waals surface area contributed by atoms with E-state index in [1.54, 1.807) is 6.07 Å². The number of hydrogen-bond acceptors (Lipinski definition) is 0. The molecule has 0 nitrogen and oxygen atoms in total. The molecule has 0 fully saturated rings. The molecule has 0 aliphatic heterocycles. The van der Waals surface area contributed by atoms with Gasteiger partial charge in [0.25, 0.3) is 0 Å². The van der Waals surface area contributed by atoms with Gasteiger partial charge in [0, 0.05) is 15.4 Å². The van der Waals surface area contributed by atoms with Crippen molar-refractivity contribution in [3.63, 3.8) is 0 Å². The van der Waals surface area contributed by atoms with Crippen LogP contribution in [0.15, 0.2) is 16.6 Å². The molecule has 0 atom stereocenters. The summed E-state index contributed by atoms with van der Waals surface area (Å²) in [6.07, 6.45) is 0. The minimum Gasteiger partial charge on any atom is -0.205 e. The molecule has 0 bridgehead atoms. The topological polar surface area (TPSA) is 0 Å². The van der Waals surface area contributed by atoms with Gasteiger partial charge in [0.2, 0.25) is 0 Å². The first-order valence-electron chi connectivity index (χ1n) is 2.85. The zero-order valence-electron chi connectivity index (χ0n) is 5.37. The molecule has 11 heavy (non-hydrogen) atoms. The van der Waals surface area contributed by atoms with E-state index < -0.39 is 0 Å². The molecule has 1 aromatic rings. The van der Waals surface area contributed by atoms with Gasteiger partial charge < -0.3 is 0 Å². The van der Waals surface area contributed by atoms with E-state index in [0.29, 0.717) is 10.9 Å². The highest BCUT2D eigenvalue weighted by molar-refractivity contribution is 9.10. The molecule has 1 aromatic carbocycles. The summed E-state index contributed by atoms with van der Waals surface area (Å²) < 4.78 is 13.8. The van der Waals surface area contributed by atoms with Gasteiger partial charge in [0.15, 0.2) is 0 Å². The van der Waals surface area contributed by atoms with Crippen molar-refractivity contribution < 1.29 is 4.39 Å². The minimum absolute atomic E-state index is 0.155. The van der Waals surface area contributed by atoms with Gasteiger partial charge in [-0.15, -0.1) is 0 Å². The molecule has 0 spiro atoms. The molecule has 0 saturated heterocycles. The van der Waals surface area contributed by atoms with Gasteiger partial charge >= 0.3 is 0 Å². The van der Waals surface area contributed by atoms with E-state index in [4.69, 9.17) is 11.6 Å². The average Bonchev–Trinajstić information content (AvgIpc) is 1.99. The maximum atomic E-state index is 13.1. The fraction of sp³-hybridized carbons (Fsp3) is 0.143. The van der Waals surface area contributed by atoms with E-state index in [0.717, 1.165) is 4.47 Å². The fourth-order valence-corrected chi connectivity index (χ4v) is 2.24. The second kappa shape index (κ2) is 3.87. The zero-order valence-corrected chi connectivity index (χ0v) is 9.30. The Balaban J connectivity index is 3.29. The molecule has 0 heterocycles. The van der Waals surface area contributed by atoms with Crippen LogP contribution in [0, 0.1) is 5.82 Å². The highest BCUT2D eigenvalue weighted by atomic mass is 79.9. The van der Waals surface area contributed by atoms with Crippen LogP contribution in [0.2, 0.25) is 5.02 Å². The van der Waals surface area contributed by atoms with Crippen LogP contribution in [0.4, 0.5) is 4.39 Å². The van der Waals surface area contributed by atoms with Crippen LogP contribution in [0.25, 0.3) is 0 Å². The van der Waals surface area contributed by atoms with Gasteiger partial charge in [-0.1, -0.05) is 43.5 Å². The summed E-state index contributed by atoms with van der Waals surface area (Å²) in [5.74, 6) is -0.363. The molecule has 0 aliphatic carbocycles. The van der Waals surface area contributed by atoms with Crippen molar-refractivity contribution in [1.29, 1.82) is 0 Å². The summed E-state index contributed by atoms with van der Waals surface area (Å²) in [4.78, 5) is 0. The van der Waals surface area contributed by atoms with Crippen molar-refractivity contribution in [3.05, 3.63) is 33.0 Å². The molecular weight excluding hydrogens is 298 g/mol. The van der Waals surface area contributed by atoms with Crippen LogP contribution in [0.3, 0.4) is 0 Å². The Morgan fingerprint density at radius 3 is 2.55 bits per heavy atom. The van der Waals surface area contributed by atoms with Crippen molar-refractivity contribution in [2.24, 2.45) is 0 Å². The predicted molar refractivity (Wildman–Crippen MR) is 51.7 cm³/mol. The van der Waals surface area contributed by atoms with Crippen molar-refractivity contribution in [2.75, 3.05) is 0 Å². The highest BCUT2D eigenvalue weighted by Crippen LogP contribution is 2.27. The van der Waals surface area contributed by atoms with E-state index in [9.17, 15) is 4.39 Å². The van der Waals surface area contributed by atoms with Gasteiger partial charge in [-0.2, -0.15) is 0 Å². The Labute approximate surface area is 86.0 Å². The lowest BCUT2D eigenvalue weighted by Crippen LogP contribution is -1.88. The standard InChI is InChI=1S/C7H4Br2ClF/c8-3-4-5(9)1-2-6(10)7(4)11/h1-2H,3H2. The molecule has 0 radical (unpaired) electrons. The molecule has 1 rings (SSSR count). The van der Waals surface area contributed by atoms with Gasteiger partial charge in [0.1, 0.15) is 5.82 Å². The molecule has 0 aromatic heterocycles. The maximum absolute atomic E-state index is 13.1. The Kier molecular flexibility index (Phi) is 3.34. The number of hydrogen-bond donors (Lipinski definition) is 0. The van der Waals surface area contributed by atoms with Crippen LogP contribution in [0.5, 0.6) is 0 Å². The molecule has 0 unspecified atom stereocenters. The maximum Gasteiger partial charge on any atom is 0.146 e. The first-order valence-corrected chi connectivity index (χ1v) is 5.14. The monoisotopic (exact) mass is 300 g/mol. The lowest BCUT2D eigenvalue weighted by molar-refractivity contribution is 0.617. The molecule has 0 N–H and O–H groups in total. The van der Waals surface area contributed by atoms with Gasteiger partial charge in [-0.25, -0.2) is 4.39 Å². The van der Waals surface area contributed by atoms with Crippen LogP contribution in [0.1, 0.15) is 5.56 Å². The van der Waals surface area contributed by atoms with Gasteiger partial charge in [-0.05, 0) is 12.1 Å². The lowest BCUT2D eigenvalue weighted by Gasteiger charge is -2.02. The van der Waals surface area contributed by atoms with Gasteiger partial charge in [-0.3, -0.25) is 0 Å². The van der Waals surface area contributed by atoms with Crippen molar-refractivity contribution >= 4 is 43.5 Å². The van der Waals surface area contributed by atoms with Crippen LogP contribution >= 0.6 is 43.5 Å². The van der Waals surface area contributed by atoms with E-state index in [-0.39, 0.29) is 10.8 Å². The second-order valence-electron chi connectivity index (χ2n) is 1.96. The number of rotatable bonds is 1. The van der Waals surface area contributed by atoms with E-state index in [2.05, 4.69) is 31.9 Å². The summed E-state index contributed by atoms with van der Waals surface area (Å²) in [6.45, 7) is 0. The zero-order chi connectivity index (χ0) is 8.43. The number of halogens is 4. The Bertz CT molecular complexity index is 275. The third-order valence-corrected chi connectivity index (χ3v) is 2.87. The Morgan fingerprint density at radius 1 is 1.45 bits per heavy atom. The SMILES string of the molecule is Fc1c(Cl)ccc(Br)c1CBr. The van der Waals surface area contributed by atoms with Crippen LogP contribution in [-0.2, 0) is 5.33 Å². The molecule has 0 aliphatic rings. The van der Waals surface area contributed by atoms with Crippen LogP contribution < -0.4 is 0 Å². The number of alkyl halides is 1. The summed E-state index contributed by atoms with van der Waals surface area (Å²) in [6, 6.07) is 3.25. The van der Waals surface area contributed by atoms with Crippen molar-refractivity contribution in [1.82, 2.24) is 0 Å². The van der Waals surface area contributed by atoms with E-state index >= 15 is 0 Å². The average molecular weight is 302 g/mol. The molecule has 4 heteroatoms. The fourth-order valence-electron chi connectivity index (χ4n) is 0.692. The molecule has 0 amide bonds. The smallest absolute Gasteiger partial charge is 0.146 e. The van der Waals surface area contributed by atoms with E-state index in [1.807, 2.05) is 0 Å².